The predicted octanol–water partition coefficient (Wildman–Crippen LogP) is -0.0887. The number of methoxy groups -OCH3 is 1. The molecule has 0 saturated heterocycles. The summed E-state index contributed by atoms with van der Waals surface area (Å²) in [7, 11) is 1.35. The van der Waals surface area contributed by atoms with Crippen LogP contribution in [0.25, 0.3) is 0 Å². The number of amides is 1. The smallest absolute Gasteiger partial charge is 0.310 e. The number of carbonyl (C=O) groups excluding carboxylic acids is 2. The standard InChI is InChI=1S/C11H20N2O3/c1-8(11(15)16-2)5-13-10(14)7-12-6-9-3-4-9/h8-9,12H,3-7H2,1-2H3,(H,13,14). The molecule has 1 rings (SSSR count). The number of hydrogen-bond acceptors (Lipinski definition) is 4. The third-order valence-corrected chi connectivity index (χ3v) is 2.62. The highest BCUT2D eigenvalue weighted by atomic mass is 16.5. The molecule has 0 aromatic rings. The Morgan fingerprint density at radius 1 is 1.44 bits per heavy atom. The van der Waals surface area contributed by atoms with Crippen molar-refractivity contribution in [3.63, 3.8) is 0 Å². The minimum atomic E-state index is -0.300. The van der Waals surface area contributed by atoms with Crippen molar-refractivity contribution in [2.45, 2.75) is 19.8 Å². The van der Waals surface area contributed by atoms with Crippen LogP contribution in [-0.2, 0) is 14.3 Å². The van der Waals surface area contributed by atoms with Gasteiger partial charge in [0.2, 0.25) is 5.91 Å². The summed E-state index contributed by atoms with van der Waals surface area (Å²) < 4.78 is 4.56. The van der Waals surface area contributed by atoms with Gasteiger partial charge in [0, 0.05) is 6.54 Å². The van der Waals surface area contributed by atoms with Crippen LogP contribution < -0.4 is 10.6 Å². The highest BCUT2D eigenvalue weighted by Gasteiger charge is 2.20. The van der Waals surface area contributed by atoms with Crippen molar-refractivity contribution in [1.29, 1.82) is 0 Å². The fraction of sp³-hybridized carbons (Fsp3) is 0.818. The first-order chi connectivity index (χ1) is 7.63. The summed E-state index contributed by atoms with van der Waals surface area (Å²) >= 11 is 0. The quantitative estimate of drug-likeness (QED) is 0.598. The Labute approximate surface area is 95.9 Å². The molecular weight excluding hydrogens is 208 g/mol. The van der Waals surface area contributed by atoms with Gasteiger partial charge in [-0.2, -0.15) is 0 Å². The van der Waals surface area contributed by atoms with E-state index in [1.165, 1.54) is 20.0 Å². The summed E-state index contributed by atoms with van der Waals surface area (Å²) in [6.07, 6.45) is 2.54. The fourth-order valence-electron chi connectivity index (χ4n) is 1.33. The lowest BCUT2D eigenvalue weighted by molar-refractivity contribution is -0.144. The van der Waals surface area contributed by atoms with E-state index >= 15 is 0 Å². The lowest BCUT2D eigenvalue weighted by atomic mass is 10.2. The maximum absolute atomic E-state index is 11.3. The summed E-state index contributed by atoms with van der Waals surface area (Å²) in [5, 5.41) is 5.78. The van der Waals surface area contributed by atoms with Gasteiger partial charge in [-0.1, -0.05) is 6.92 Å². The zero-order valence-electron chi connectivity index (χ0n) is 9.91. The van der Waals surface area contributed by atoms with E-state index in [2.05, 4.69) is 15.4 Å². The van der Waals surface area contributed by atoms with Gasteiger partial charge in [0.25, 0.3) is 0 Å². The number of ether oxygens (including phenoxy) is 1. The lowest BCUT2D eigenvalue weighted by Gasteiger charge is -2.10. The van der Waals surface area contributed by atoms with Gasteiger partial charge in [-0.15, -0.1) is 0 Å². The van der Waals surface area contributed by atoms with Crippen molar-refractivity contribution in [3.05, 3.63) is 0 Å². The minimum Gasteiger partial charge on any atom is -0.469 e. The Bertz CT molecular complexity index is 252. The molecule has 5 heteroatoms. The number of carbonyl (C=O) groups is 2. The van der Waals surface area contributed by atoms with Crippen LogP contribution in [0.15, 0.2) is 0 Å². The van der Waals surface area contributed by atoms with E-state index in [1.807, 2.05) is 0 Å². The third kappa shape index (κ3) is 5.11. The van der Waals surface area contributed by atoms with Crippen LogP contribution in [0, 0.1) is 11.8 Å². The molecule has 1 aliphatic carbocycles. The van der Waals surface area contributed by atoms with Gasteiger partial charge in [-0.3, -0.25) is 9.59 Å². The van der Waals surface area contributed by atoms with E-state index in [1.54, 1.807) is 6.92 Å². The van der Waals surface area contributed by atoms with Gasteiger partial charge in [0.15, 0.2) is 0 Å². The Morgan fingerprint density at radius 2 is 2.12 bits per heavy atom. The Kier molecular flexibility index (Phi) is 5.25. The highest BCUT2D eigenvalue weighted by Crippen LogP contribution is 2.27. The van der Waals surface area contributed by atoms with Crippen LogP contribution in [0.1, 0.15) is 19.8 Å². The maximum atomic E-state index is 11.3. The molecule has 0 aromatic heterocycles. The topological polar surface area (TPSA) is 67.4 Å². The average Bonchev–Trinajstić information content (AvgIpc) is 3.08. The van der Waals surface area contributed by atoms with E-state index in [4.69, 9.17) is 0 Å². The number of esters is 1. The molecular formula is C11H20N2O3. The Morgan fingerprint density at radius 3 is 2.69 bits per heavy atom. The van der Waals surface area contributed by atoms with Crippen molar-refractivity contribution in [1.82, 2.24) is 10.6 Å². The molecule has 5 nitrogen and oxygen atoms in total. The molecule has 1 amide bonds. The number of nitrogens with one attached hydrogen (secondary N) is 2. The van der Waals surface area contributed by atoms with Gasteiger partial charge < -0.3 is 15.4 Å². The molecule has 0 aromatic carbocycles. The summed E-state index contributed by atoms with van der Waals surface area (Å²) in [5.74, 6) is 0.0989. The molecule has 1 fully saturated rings. The minimum absolute atomic E-state index is 0.0728. The molecule has 0 spiro atoms. The largest absolute Gasteiger partial charge is 0.469 e. The monoisotopic (exact) mass is 228 g/mol. The normalized spacial score (nSPS) is 16.6. The van der Waals surface area contributed by atoms with Crippen LogP contribution in [0.3, 0.4) is 0 Å². The first-order valence-corrected chi connectivity index (χ1v) is 5.68. The second kappa shape index (κ2) is 6.48. The summed E-state index contributed by atoms with van der Waals surface area (Å²) in [5.41, 5.74) is 0. The van der Waals surface area contributed by atoms with Crippen molar-refractivity contribution < 1.29 is 14.3 Å². The van der Waals surface area contributed by atoms with Gasteiger partial charge in [-0.25, -0.2) is 0 Å². The first kappa shape index (κ1) is 13.0. The van der Waals surface area contributed by atoms with Crippen LogP contribution in [0.2, 0.25) is 0 Å². The molecule has 92 valence electrons. The second-order valence-corrected chi connectivity index (χ2v) is 4.30. The zero-order valence-corrected chi connectivity index (χ0v) is 9.91. The predicted molar refractivity (Wildman–Crippen MR) is 59.8 cm³/mol. The highest BCUT2D eigenvalue weighted by molar-refractivity contribution is 5.79. The molecule has 1 atom stereocenters. The molecule has 0 bridgehead atoms. The van der Waals surface area contributed by atoms with Crippen LogP contribution in [0.4, 0.5) is 0 Å². The summed E-state index contributed by atoms with van der Waals surface area (Å²) in [4.78, 5) is 22.4. The number of rotatable bonds is 7. The van der Waals surface area contributed by atoms with Gasteiger partial charge in [0.05, 0.1) is 19.6 Å². The molecule has 2 N–H and O–H groups in total. The van der Waals surface area contributed by atoms with Gasteiger partial charge >= 0.3 is 5.97 Å². The van der Waals surface area contributed by atoms with Crippen LogP contribution in [-0.4, -0.2) is 38.6 Å². The van der Waals surface area contributed by atoms with Crippen molar-refractivity contribution in [2.24, 2.45) is 11.8 Å². The molecule has 0 aliphatic heterocycles. The van der Waals surface area contributed by atoms with Crippen molar-refractivity contribution in [3.8, 4) is 0 Å². The maximum Gasteiger partial charge on any atom is 0.310 e. The molecule has 16 heavy (non-hydrogen) atoms. The summed E-state index contributed by atoms with van der Waals surface area (Å²) in [6, 6.07) is 0. The second-order valence-electron chi connectivity index (χ2n) is 4.30. The van der Waals surface area contributed by atoms with E-state index in [9.17, 15) is 9.59 Å². The van der Waals surface area contributed by atoms with E-state index in [-0.39, 0.29) is 17.8 Å². The molecule has 1 aliphatic rings. The lowest BCUT2D eigenvalue weighted by Crippen LogP contribution is -2.38. The summed E-state index contributed by atoms with van der Waals surface area (Å²) in [6.45, 7) is 3.30. The van der Waals surface area contributed by atoms with Crippen molar-refractivity contribution >= 4 is 11.9 Å². The van der Waals surface area contributed by atoms with Crippen LogP contribution in [0.5, 0.6) is 0 Å². The molecule has 1 saturated carbocycles. The van der Waals surface area contributed by atoms with Gasteiger partial charge in [0.1, 0.15) is 0 Å². The fourth-order valence-corrected chi connectivity index (χ4v) is 1.33. The number of hydrogen-bond donors (Lipinski definition) is 2. The average molecular weight is 228 g/mol. The Hall–Kier alpha value is -1.10. The van der Waals surface area contributed by atoms with E-state index < -0.39 is 0 Å². The van der Waals surface area contributed by atoms with Crippen LogP contribution >= 0.6 is 0 Å². The zero-order chi connectivity index (χ0) is 12.0. The third-order valence-electron chi connectivity index (χ3n) is 2.62. The SMILES string of the molecule is COC(=O)C(C)CNC(=O)CNCC1CC1. The van der Waals surface area contributed by atoms with Crippen molar-refractivity contribution in [2.75, 3.05) is 26.7 Å². The van der Waals surface area contributed by atoms with E-state index in [0.29, 0.717) is 13.1 Å². The molecule has 0 heterocycles. The first-order valence-electron chi connectivity index (χ1n) is 5.68. The molecule has 1 unspecified atom stereocenters. The Balaban J connectivity index is 2.01. The molecule has 0 radical (unpaired) electrons. The van der Waals surface area contributed by atoms with Gasteiger partial charge in [-0.05, 0) is 25.3 Å². The van der Waals surface area contributed by atoms with E-state index in [0.717, 1.165) is 12.5 Å².